The third-order valence-corrected chi connectivity index (χ3v) is 3.79. The number of hydrogen-bond acceptors (Lipinski definition) is 3. The number of aryl methyl sites for hydroxylation is 2. The maximum Gasteiger partial charge on any atom is 0.307 e. The average Bonchev–Trinajstić information content (AvgIpc) is 2.68. The highest BCUT2D eigenvalue weighted by atomic mass is 32.1. The third kappa shape index (κ3) is 2.54. The monoisotopic (exact) mass is 262 g/mol. The molecule has 0 fully saturated rings. The van der Waals surface area contributed by atoms with E-state index in [0.717, 1.165) is 17.7 Å². The number of rotatable bonds is 4. The van der Waals surface area contributed by atoms with Crippen molar-refractivity contribution in [3.63, 3.8) is 0 Å². The largest absolute Gasteiger partial charge is 0.330 e. The number of nitrogens with zero attached hydrogens (tertiary/aromatic N) is 1. The molecule has 2 aromatic rings. The van der Waals surface area contributed by atoms with Gasteiger partial charge < -0.3 is 5.73 Å². The molecule has 2 N–H and O–H groups in total. The fourth-order valence-electron chi connectivity index (χ4n) is 2.10. The van der Waals surface area contributed by atoms with Crippen LogP contribution in [0.1, 0.15) is 17.5 Å². The summed E-state index contributed by atoms with van der Waals surface area (Å²) in [4.78, 5) is 11.9. The van der Waals surface area contributed by atoms with Crippen LogP contribution in [0.3, 0.4) is 0 Å². The van der Waals surface area contributed by atoms with Gasteiger partial charge >= 0.3 is 4.87 Å². The maximum absolute atomic E-state index is 11.8. The standard InChI is InChI=1S/C14H18N2OS/c1-10-4-5-12(11(2)8-10)13-9-18-14(17)16(13)7-3-6-15/h4-5,8-9H,3,6-7,15H2,1-2H3. The first-order chi connectivity index (χ1) is 8.63. The van der Waals surface area contributed by atoms with Crippen molar-refractivity contribution in [2.24, 2.45) is 5.73 Å². The molecular weight excluding hydrogens is 244 g/mol. The number of nitrogens with two attached hydrogens (primary N) is 1. The van der Waals surface area contributed by atoms with Gasteiger partial charge in [0, 0.05) is 17.5 Å². The molecule has 1 heterocycles. The quantitative estimate of drug-likeness (QED) is 0.920. The minimum absolute atomic E-state index is 0.0958. The molecule has 2 rings (SSSR count). The van der Waals surface area contributed by atoms with Crippen molar-refractivity contribution in [3.8, 4) is 11.3 Å². The molecule has 0 bridgehead atoms. The molecule has 0 saturated heterocycles. The molecule has 18 heavy (non-hydrogen) atoms. The molecule has 3 nitrogen and oxygen atoms in total. The summed E-state index contributed by atoms with van der Waals surface area (Å²) in [6.45, 7) is 5.46. The normalized spacial score (nSPS) is 10.8. The molecule has 0 unspecified atom stereocenters. The molecule has 0 aliphatic rings. The Balaban J connectivity index is 2.47. The van der Waals surface area contributed by atoms with Crippen molar-refractivity contribution in [1.29, 1.82) is 0 Å². The second-order valence-corrected chi connectivity index (χ2v) is 5.32. The zero-order chi connectivity index (χ0) is 13.1. The molecule has 0 saturated carbocycles. The lowest BCUT2D eigenvalue weighted by Crippen LogP contribution is -2.16. The van der Waals surface area contributed by atoms with Crippen molar-refractivity contribution in [1.82, 2.24) is 4.57 Å². The van der Waals surface area contributed by atoms with Crippen LogP contribution >= 0.6 is 11.3 Å². The fourth-order valence-corrected chi connectivity index (χ4v) is 2.89. The Morgan fingerprint density at radius 2 is 2.11 bits per heavy atom. The van der Waals surface area contributed by atoms with Crippen molar-refractivity contribution in [3.05, 3.63) is 44.4 Å². The van der Waals surface area contributed by atoms with E-state index < -0.39 is 0 Å². The Morgan fingerprint density at radius 3 is 2.78 bits per heavy atom. The van der Waals surface area contributed by atoms with Crippen LogP contribution in [0.4, 0.5) is 0 Å². The summed E-state index contributed by atoms with van der Waals surface area (Å²) in [5.41, 5.74) is 10.1. The van der Waals surface area contributed by atoms with Crippen molar-refractivity contribution in [2.45, 2.75) is 26.8 Å². The number of thiazole rings is 1. The van der Waals surface area contributed by atoms with Crippen LogP contribution < -0.4 is 10.6 Å². The van der Waals surface area contributed by atoms with E-state index in [-0.39, 0.29) is 4.87 Å². The predicted molar refractivity (Wildman–Crippen MR) is 77.2 cm³/mol. The highest BCUT2D eigenvalue weighted by molar-refractivity contribution is 7.07. The van der Waals surface area contributed by atoms with Crippen LogP contribution in [0.25, 0.3) is 11.3 Å². The molecule has 0 aliphatic carbocycles. The van der Waals surface area contributed by atoms with Crippen LogP contribution in [0.2, 0.25) is 0 Å². The third-order valence-electron chi connectivity index (χ3n) is 3.03. The van der Waals surface area contributed by atoms with E-state index in [4.69, 9.17) is 5.73 Å². The average molecular weight is 262 g/mol. The van der Waals surface area contributed by atoms with Crippen LogP contribution in [0.15, 0.2) is 28.4 Å². The van der Waals surface area contributed by atoms with Crippen molar-refractivity contribution in [2.75, 3.05) is 6.54 Å². The van der Waals surface area contributed by atoms with Crippen LogP contribution in [0.5, 0.6) is 0 Å². The Hall–Kier alpha value is -1.39. The van der Waals surface area contributed by atoms with Gasteiger partial charge in [-0.15, -0.1) is 0 Å². The van der Waals surface area contributed by atoms with E-state index in [0.29, 0.717) is 13.1 Å². The minimum atomic E-state index is 0.0958. The first-order valence-electron chi connectivity index (χ1n) is 6.09. The number of hydrogen-bond donors (Lipinski definition) is 1. The van der Waals surface area contributed by atoms with Crippen LogP contribution in [0, 0.1) is 13.8 Å². The summed E-state index contributed by atoms with van der Waals surface area (Å²) in [7, 11) is 0. The van der Waals surface area contributed by atoms with Gasteiger partial charge in [-0.25, -0.2) is 0 Å². The number of aromatic nitrogens is 1. The maximum atomic E-state index is 11.8. The van der Waals surface area contributed by atoms with E-state index >= 15 is 0 Å². The van der Waals surface area contributed by atoms with Gasteiger partial charge in [-0.3, -0.25) is 9.36 Å². The molecule has 0 aliphatic heterocycles. The second kappa shape index (κ2) is 5.50. The van der Waals surface area contributed by atoms with E-state index in [2.05, 4.69) is 32.0 Å². The summed E-state index contributed by atoms with van der Waals surface area (Å²) in [5, 5.41) is 1.94. The van der Waals surface area contributed by atoms with Gasteiger partial charge in [-0.05, 0) is 32.4 Å². The zero-order valence-corrected chi connectivity index (χ0v) is 11.6. The molecular formula is C14H18N2OS. The summed E-state index contributed by atoms with van der Waals surface area (Å²) >= 11 is 1.26. The lowest BCUT2D eigenvalue weighted by molar-refractivity contribution is 0.647. The van der Waals surface area contributed by atoms with E-state index in [1.165, 1.54) is 22.5 Å². The van der Waals surface area contributed by atoms with Gasteiger partial charge in [0.2, 0.25) is 0 Å². The SMILES string of the molecule is Cc1ccc(-c2csc(=O)n2CCCN)c(C)c1. The first-order valence-corrected chi connectivity index (χ1v) is 6.97. The smallest absolute Gasteiger partial charge is 0.307 e. The first kappa shape index (κ1) is 13.1. The summed E-state index contributed by atoms with van der Waals surface area (Å²) in [5.74, 6) is 0. The summed E-state index contributed by atoms with van der Waals surface area (Å²) in [6, 6.07) is 6.31. The van der Waals surface area contributed by atoms with Gasteiger partial charge in [0.05, 0.1) is 5.69 Å². The molecule has 4 heteroatoms. The lowest BCUT2D eigenvalue weighted by atomic mass is 10.0. The van der Waals surface area contributed by atoms with Crippen molar-refractivity contribution < 1.29 is 0 Å². The highest BCUT2D eigenvalue weighted by Gasteiger charge is 2.10. The fraction of sp³-hybridized carbons (Fsp3) is 0.357. The van der Waals surface area contributed by atoms with Crippen LogP contribution in [-0.2, 0) is 6.54 Å². The Labute approximate surface area is 111 Å². The number of benzene rings is 1. The van der Waals surface area contributed by atoms with E-state index in [9.17, 15) is 4.79 Å². The Morgan fingerprint density at radius 1 is 1.33 bits per heavy atom. The molecule has 96 valence electrons. The minimum Gasteiger partial charge on any atom is -0.330 e. The van der Waals surface area contributed by atoms with Gasteiger partial charge in [0.1, 0.15) is 0 Å². The second-order valence-electron chi connectivity index (χ2n) is 4.50. The molecule has 0 spiro atoms. The van der Waals surface area contributed by atoms with Crippen molar-refractivity contribution >= 4 is 11.3 Å². The predicted octanol–water partition coefficient (Wildman–Crippen LogP) is 2.54. The Bertz CT molecular complexity index is 598. The molecule has 0 radical (unpaired) electrons. The van der Waals surface area contributed by atoms with E-state index in [1.807, 2.05) is 9.95 Å². The van der Waals surface area contributed by atoms with Gasteiger partial charge in [0.25, 0.3) is 0 Å². The Kier molecular flexibility index (Phi) is 3.99. The topological polar surface area (TPSA) is 48.0 Å². The van der Waals surface area contributed by atoms with E-state index in [1.54, 1.807) is 0 Å². The molecule has 1 aromatic carbocycles. The summed E-state index contributed by atoms with van der Waals surface area (Å²) < 4.78 is 1.83. The molecule has 0 atom stereocenters. The molecule has 0 amide bonds. The molecule has 1 aromatic heterocycles. The van der Waals surface area contributed by atoms with Gasteiger partial charge in [-0.2, -0.15) is 0 Å². The highest BCUT2D eigenvalue weighted by Crippen LogP contribution is 2.24. The van der Waals surface area contributed by atoms with Crippen LogP contribution in [-0.4, -0.2) is 11.1 Å². The van der Waals surface area contributed by atoms with Gasteiger partial charge in [-0.1, -0.05) is 35.1 Å². The zero-order valence-electron chi connectivity index (χ0n) is 10.8. The van der Waals surface area contributed by atoms with Gasteiger partial charge in [0.15, 0.2) is 0 Å². The lowest BCUT2D eigenvalue weighted by Gasteiger charge is -2.10. The summed E-state index contributed by atoms with van der Waals surface area (Å²) in [6.07, 6.45) is 0.828.